The Morgan fingerprint density at radius 3 is 1.50 bits per heavy atom. The van der Waals surface area contributed by atoms with Crippen LogP contribution >= 0.6 is 11.1 Å². The monoisotopic (exact) mass is 240 g/mol. The van der Waals surface area contributed by atoms with E-state index in [-0.39, 0.29) is 0 Å². The summed E-state index contributed by atoms with van der Waals surface area (Å²) in [5.41, 5.74) is 0. The molecule has 0 fully saturated rings. The van der Waals surface area contributed by atoms with E-state index in [1.165, 1.54) is 0 Å². The van der Waals surface area contributed by atoms with E-state index in [4.69, 9.17) is 11.1 Å². The first kappa shape index (κ1) is 12.9. The topological polar surface area (TPSA) is 6.48 Å². The second-order valence-corrected chi connectivity index (χ2v) is 17.9. The number of hydrogen-bond donors (Lipinski definition) is 0. The van der Waals surface area contributed by atoms with Gasteiger partial charge in [0.2, 0.25) is 7.55 Å². The van der Waals surface area contributed by atoms with Crippen molar-refractivity contribution in [3.8, 4) is 0 Å². The molecule has 0 unspecified atom stereocenters. The molecule has 12 heavy (non-hydrogen) atoms. The Hall–Kier alpha value is 0.861. The molecule has 74 valence electrons. The first-order valence-electron chi connectivity index (χ1n) is 4.20. The molecular weight excluding hydrogens is 220 g/mol. The predicted octanol–water partition coefficient (Wildman–Crippen LogP) is 0.773. The third kappa shape index (κ3) is 2.97. The van der Waals surface area contributed by atoms with Gasteiger partial charge in [0.25, 0.3) is 0 Å². The smallest absolute Gasteiger partial charge is 0.217 e. The van der Waals surface area contributed by atoms with Crippen molar-refractivity contribution in [3.63, 3.8) is 0 Å². The van der Waals surface area contributed by atoms with Crippen LogP contribution < -0.4 is 0 Å². The van der Waals surface area contributed by atoms with E-state index in [1.54, 1.807) is 0 Å². The molecule has 0 atom stereocenters. The summed E-state index contributed by atoms with van der Waals surface area (Å²) in [6.45, 7) is 9.09. The normalized spacial score (nSPS) is 14.8. The summed E-state index contributed by atoms with van der Waals surface area (Å²) in [5, 5.41) is 0. The number of hydrogen-bond acceptors (Lipinski definition) is 2. The molecule has 2 nitrogen and oxygen atoms in total. The van der Waals surface area contributed by atoms with Gasteiger partial charge in [-0.2, -0.15) is 0 Å². The quantitative estimate of drug-likeness (QED) is 0.532. The minimum atomic E-state index is -1.61. The van der Waals surface area contributed by atoms with E-state index in [2.05, 4.69) is 48.7 Å². The van der Waals surface area contributed by atoms with Crippen molar-refractivity contribution >= 4 is 37.4 Å². The Morgan fingerprint density at radius 1 is 1.08 bits per heavy atom. The summed E-state index contributed by atoms with van der Waals surface area (Å²) in [5.74, 6) is 0. The van der Waals surface area contributed by atoms with E-state index in [0.29, 0.717) is 0 Å². The first-order chi connectivity index (χ1) is 5.10. The van der Waals surface area contributed by atoms with Gasteiger partial charge in [-0.05, 0) is 40.3 Å². The third-order valence-electron chi connectivity index (χ3n) is 2.71. The molecule has 0 bridgehead atoms. The Balaban J connectivity index is 4.57. The molecule has 0 aromatic carbocycles. The van der Waals surface area contributed by atoms with Crippen LogP contribution in [-0.4, -0.2) is 48.9 Å². The van der Waals surface area contributed by atoms with Crippen LogP contribution in [0.5, 0.6) is 0 Å². The first-order valence-corrected chi connectivity index (χ1v) is 11.9. The van der Waals surface area contributed by atoms with Crippen LogP contribution in [-0.2, 0) is 0 Å². The Kier molecular flexibility index (Phi) is 4.21. The molecule has 0 aliphatic heterocycles. The van der Waals surface area contributed by atoms with Gasteiger partial charge in [-0.1, -0.05) is 0 Å². The lowest BCUT2D eigenvalue weighted by atomic mass is 11.6. The molecule has 0 rings (SSSR count). The molecule has 0 aliphatic carbocycles. The average Bonchev–Trinajstić information content (AvgIpc) is 1.83. The molecule has 0 radical (unpaired) electrons. The standard InChI is InChI=1S/C6H21ClN2Si3/c1-8(10)12(5,6)9(2)11(3,4)7/h1-6,10H3. The molecule has 0 aromatic rings. The highest BCUT2D eigenvalue weighted by Crippen LogP contribution is 2.21. The fraction of sp³-hybridized carbons (Fsp3) is 1.00. The van der Waals surface area contributed by atoms with Gasteiger partial charge in [-0.3, -0.25) is 0 Å². The number of nitrogens with zero attached hydrogens (tertiary/aromatic N) is 2. The predicted molar refractivity (Wildman–Crippen MR) is 66.3 cm³/mol. The van der Waals surface area contributed by atoms with Gasteiger partial charge in [-0.15, -0.1) is 11.1 Å². The molecule has 0 spiro atoms. The van der Waals surface area contributed by atoms with E-state index in [9.17, 15) is 0 Å². The van der Waals surface area contributed by atoms with Crippen molar-refractivity contribution in [1.29, 1.82) is 0 Å². The van der Waals surface area contributed by atoms with Gasteiger partial charge in [-0.25, -0.2) is 0 Å². The number of rotatable bonds is 3. The zero-order valence-corrected chi connectivity index (χ0v) is 14.0. The van der Waals surface area contributed by atoms with E-state index >= 15 is 0 Å². The molecule has 0 aliphatic rings. The zero-order valence-electron chi connectivity index (χ0n) is 9.27. The van der Waals surface area contributed by atoms with Gasteiger partial charge < -0.3 is 8.46 Å². The molecule has 0 aromatic heterocycles. The van der Waals surface area contributed by atoms with Gasteiger partial charge in [0, 0.05) is 0 Å². The molecule has 0 N–H and O–H groups in total. The second kappa shape index (κ2) is 3.93. The lowest BCUT2D eigenvalue weighted by Crippen LogP contribution is -2.64. The molecule has 0 heterocycles. The maximum atomic E-state index is 6.40. The van der Waals surface area contributed by atoms with Crippen molar-refractivity contribution in [1.82, 2.24) is 8.46 Å². The Morgan fingerprint density at radius 2 is 1.42 bits per heavy atom. The molecule has 0 saturated heterocycles. The summed E-state index contributed by atoms with van der Waals surface area (Å²) in [6, 6.07) is 0. The summed E-state index contributed by atoms with van der Waals surface area (Å²) < 4.78 is 4.92. The van der Waals surface area contributed by atoms with Crippen molar-refractivity contribution in [3.05, 3.63) is 0 Å². The highest BCUT2D eigenvalue weighted by molar-refractivity contribution is 7.20. The van der Waals surface area contributed by atoms with Crippen molar-refractivity contribution in [2.24, 2.45) is 0 Å². The largest absolute Gasteiger partial charge is 0.344 e. The number of halogens is 1. The van der Waals surface area contributed by atoms with E-state index in [1.807, 2.05) is 0 Å². The second-order valence-electron chi connectivity index (χ2n) is 4.36. The third-order valence-corrected chi connectivity index (χ3v) is 15.9. The van der Waals surface area contributed by atoms with E-state index in [0.717, 1.165) is 10.4 Å². The van der Waals surface area contributed by atoms with Crippen LogP contribution in [0.1, 0.15) is 0 Å². The highest BCUT2D eigenvalue weighted by Gasteiger charge is 2.38. The summed E-state index contributed by atoms with van der Waals surface area (Å²) in [7, 11) is 2.53. The van der Waals surface area contributed by atoms with Crippen molar-refractivity contribution in [2.75, 3.05) is 14.1 Å². The van der Waals surface area contributed by atoms with Gasteiger partial charge in [0.1, 0.15) is 0 Å². The lowest BCUT2D eigenvalue weighted by molar-refractivity contribution is 0.652. The van der Waals surface area contributed by atoms with Gasteiger partial charge in [0.15, 0.2) is 8.40 Å². The van der Waals surface area contributed by atoms with Crippen LogP contribution in [0.3, 0.4) is 0 Å². The summed E-state index contributed by atoms with van der Waals surface area (Å²) in [4.78, 5) is 0. The van der Waals surface area contributed by atoms with E-state index < -0.39 is 15.9 Å². The van der Waals surface area contributed by atoms with Crippen molar-refractivity contribution in [2.45, 2.75) is 26.2 Å². The fourth-order valence-electron chi connectivity index (χ4n) is 0.951. The van der Waals surface area contributed by atoms with Crippen LogP contribution in [0.4, 0.5) is 0 Å². The maximum Gasteiger partial charge on any atom is 0.217 e. The fourth-order valence-corrected chi connectivity index (χ4v) is 10.7. The van der Waals surface area contributed by atoms with Crippen LogP contribution in [0.25, 0.3) is 0 Å². The van der Waals surface area contributed by atoms with Gasteiger partial charge >= 0.3 is 0 Å². The minimum absolute atomic E-state index is 1.13. The molecule has 6 heteroatoms. The van der Waals surface area contributed by atoms with Crippen LogP contribution in [0.2, 0.25) is 26.2 Å². The SMILES string of the molecule is CN([SiH3])[Si](C)(C)N(C)[Si](C)(C)Cl. The minimum Gasteiger partial charge on any atom is -0.344 e. The average molecular weight is 241 g/mol. The lowest BCUT2D eigenvalue weighted by Gasteiger charge is -2.44. The molecule has 0 amide bonds. The summed E-state index contributed by atoms with van der Waals surface area (Å²) in [6.07, 6.45) is 0. The molecular formula is C6H21ClN2Si3. The molecule has 0 saturated carbocycles. The van der Waals surface area contributed by atoms with Crippen LogP contribution in [0.15, 0.2) is 0 Å². The summed E-state index contributed by atoms with van der Waals surface area (Å²) >= 11 is 6.40. The van der Waals surface area contributed by atoms with Gasteiger partial charge in [0.05, 0.1) is 10.4 Å². The maximum absolute atomic E-state index is 6.40. The highest BCUT2D eigenvalue weighted by atomic mass is 35.6. The Bertz CT molecular complexity index is 155. The Labute approximate surface area is 86.3 Å². The van der Waals surface area contributed by atoms with Crippen molar-refractivity contribution < 1.29 is 0 Å². The zero-order chi connectivity index (χ0) is 10.2. The van der Waals surface area contributed by atoms with Crippen LogP contribution in [0, 0.1) is 0 Å².